The van der Waals surface area contributed by atoms with Crippen molar-refractivity contribution >= 4 is 22.4 Å². The van der Waals surface area contributed by atoms with Crippen LogP contribution in [0.25, 0.3) is 0 Å². The van der Waals surface area contributed by atoms with Crippen LogP contribution < -0.4 is 5.32 Å². The first-order chi connectivity index (χ1) is 11.7. The molecule has 0 spiro atoms. The molecule has 3 aromatic rings. The zero-order valence-corrected chi connectivity index (χ0v) is 14.3. The minimum absolute atomic E-state index is 0.0652. The molecule has 2 aromatic carbocycles. The smallest absolute Gasteiger partial charge is 0.230 e. The first-order valence-electron chi connectivity index (χ1n) is 7.91. The Morgan fingerprint density at radius 2 is 1.71 bits per heavy atom. The van der Waals surface area contributed by atoms with E-state index in [0.29, 0.717) is 11.6 Å². The normalized spacial score (nSPS) is 10.5. The molecule has 0 bridgehead atoms. The van der Waals surface area contributed by atoms with Gasteiger partial charge in [-0.1, -0.05) is 71.5 Å². The molecule has 5 heteroatoms. The molecule has 0 radical (unpaired) electrons. The molecule has 1 heterocycles. The summed E-state index contributed by atoms with van der Waals surface area (Å²) in [6.07, 6.45) is 2.10. The highest BCUT2D eigenvalue weighted by molar-refractivity contribution is 7.15. The van der Waals surface area contributed by atoms with Crippen LogP contribution in [-0.2, 0) is 24.1 Å². The van der Waals surface area contributed by atoms with Crippen molar-refractivity contribution in [1.29, 1.82) is 0 Å². The van der Waals surface area contributed by atoms with Gasteiger partial charge in [0.25, 0.3) is 0 Å². The number of amides is 1. The van der Waals surface area contributed by atoms with Gasteiger partial charge in [0, 0.05) is 6.42 Å². The predicted molar refractivity (Wildman–Crippen MR) is 97.3 cm³/mol. The van der Waals surface area contributed by atoms with Gasteiger partial charge < -0.3 is 5.32 Å². The number of aryl methyl sites for hydroxylation is 3. The molecule has 0 aliphatic rings. The lowest BCUT2D eigenvalue weighted by Crippen LogP contribution is -2.14. The highest BCUT2D eigenvalue weighted by Crippen LogP contribution is 2.17. The van der Waals surface area contributed by atoms with Gasteiger partial charge in [-0.25, -0.2) is 0 Å². The van der Waals surface area contributed by atoms with Crippen molar-refractivity contribution in [2.24, 2.45) is 0 Å². The molecule has 122 valence electrons. The monoisotopic (exact) mass is 337 g/mol. The molecule has 0 saturated carbocycles. The topological polar surface area (TPSA) is 54.9 Å². The molecule has 1 aromatic heterocycles. The Morgan fingerprint density at radius 3 is 2.46 bits per heavy atom. The lowest BCUT2D eigenvalue weighted by molar-refractivity contribution is -0.115. The molecule has 0 atom stereocenters. The van der Waals surface area contributed by atoms with E-state index in [9.17, 15) is 4.79 Å². The van der Waals surface area contributed by atoms with Crippen molar-refractivity contribution in [1.82, 2.24) is 10.2 Å². The lowest BCUT2D eigenvalue weighted by Gasteiger charge is -2.02. The van der Waals surface area contributed by atoms with E-state index < -0.39 is 0 Å². The van der Waals surface area contributed by atoms with E-state index in [1.165, 1.54) is 22.5 Å². The number of hydrogen-bond donors (Lipinski definition) is 1. The molecule has 24 heavy (non-hydrogen) atoms. The molecule has 4 nitrogen and oxygen atoms in total. The molecular formula is C19H19N3OS. The Hall–Kier alpha value is -2.53. The highest BCUT2D eigenvalue weighted by Gasteiger charge is 2.09. The van der Waals surface area contributed by atoms with Crippen molar-refractivity contribution in [2.75, 3.05) is 5.32 Å². The number of benzene rings is 2. The Kier molecular flexibility index (Phi) is 5.33. The third-order valence-corrected chi connectivity index (χ3v) is 4.57. The summed E-state index contributed by atoms with van der Waals surface area (Å²) in [6, 6.07) is 18.2. The van der Waals surface area contributed by atoms with Crippen LogP contribution in [0.15, 0.2) is 54.6 Å². The number of anilines is 1. The van der Waals surface area contributed by atoms with Gasteiger partial charge in [-0.3, -0.25) is 4.79 Å². The average Bonchev–Trinajstić information content (AvgIpc) is 3.03. The second-order valence-corrected chi connectivity index (χ2v) is 6.76. The van der Waals surface area contributed by atoms with E-state index in [2.05, 4.69) is 27.6 Å². The van der Waals surface area contributed by atoms with E-state index >= 15 is 0 Å². The molecular weight excluding hydrogens is 318 g/mol. The van der Waals surface area contributed by atoms with Gasteiger partial charge in [-0.05, 0) is 24.5 Å². The van der Waals surface area contributed by atoms with Gasteiger partial charge >= 0.3 is 0 Å². The summed E-state index contributed by atoms with van der Waals surface area (Å²) in [5, 5.41) is 12.5. The molecule has 0 fully saturated rings. The van der Waals surface area contributed by atoms with Gasteiger partial charge in [0.1, 0.15) is 5.01 Å². The standard InChI is InChI=1S/C19H19N3OS/c1-14-7-9-16(10-8-14)13-17(23)20-19-22-21-18(24-19)12-11-15-5-3-2-4-6-15/h2-10H,11-13H2,1H3,(H,20,22,23). The maximum absolute atomic E-state index is 12.1. The zero-order valence-electron chi connectivity index (χ0n) is 13.5. The van der Waals surface area contributed by atoms with Crippen molar-refractivity contribution in [3.63, 3.8) is 0 Å². The Balaban J connectivity index is 1.51. The molecule has 0 saturated heterocycles. The SMILES string of the molecule is Cc1ccc(CC(=O)Nc2nnc(CCc3ccccc3)s2)cc1. The van der Waals surface area contributed by atoms with Gasteiger partial charge in [0.15, 0.2) is 0 Å². The maximum Gasteiger partial charge on any atom is 0.230 e. The van der Waals surface area contributed by atoms with Crippen LogP contribution in [0, 0.1) is 6.92 Å². The van der Waals surface area contributed by atoms with E-state index in [4.69, 9.17) is 0 Å². The van der Waals surface area contributed by atoms with Crippen LogP contribution in [-0.4, -0.2) is 16.1 Å². The summed E-state index contributed by atoms with van der Waals surface area (Å²) >= 11 is 1.44. The van der Waals surface area contributed by atoms with E-state index in [0.717, 1.165) is 23.4 Å². The van der Waals surface area contributed by atoms with Crippen LogP contribution in [0.2, 0.25) is 0 Å². The molecule has 0 aliphatic carbocycles. The van der Waals surface area contributed by atoms with E-state index in [1.807, 2.05) is 49.4 Å². The summed E-state index contributed by atoms with van der Waals surface area (Å²) in [6.45, 7) is 2.03. The Labute approximate surface area is 145 Å². The van der Waals surface area contributed by atoms with Crippen LogP contribution in [0.4, 0.5) is 5.13 Å². The number of hydrogen-bond acceptors (Lipinski definition) is 4. The van der Waals surface area contributed by atoms with Gasteiger partial charge in [-0.15, -0.1) is 10.2 Å². The molecule has 1 amide bonds. The van der Waals surface area contributed by atoms with Gasteiger partial charge in [-0.2, -0.15) is 0 Å². The van der Waals surface area contributed by atoms with Crippen molar-refractivity contribution < 1.29 is 4.79 Å². The number of nitrogens with zero attached hydrogens (tertiary/aromatic N) is 2. The molecule has 3 rings (SSSR count). The van der Waals surface area contributed by atoms with Crippen LogP contribution in [0.3, 0.4) is 0 Å². The average molecular weight is 337 g/mol. The van der Waals surface area contributed by atoms with E-state index in [-0.39, 0.29) is 5.91 Å². The zero-order chi connectivity index (χ0) is 16.8. The fourth-order valence-corrected chi connectivity index (χ4v) is 3.11. The van der Waals surface area contributed by atoms with Gasteiger partial charge in [0.05, 0.1) is 6.42 Å². The maximum atomic E-state index is 12.1. The van der Waals surface area contributed by atoms with Crippen LogP contribution >= 0.6 is 11.3 Å². The molecule has 0 unspecified atom stereocenters. The summed E-state index contributed by atoms with van der Waals surface area (Å²) < 4.78 is 0. The molecule has 0 aliphatic heterocycles. The third-order valence-electron chi connectivity index (χ3n) is 3.67. The number of rotatable bonds is 6. The second kappa shape index (κ2) is 7.84. The number of aromatic nitrogens is 2. The van der Waals surface area contributed by atoms with E-state index in [1.54, 1.807) is 0 Å². The van der Waals surface area contributed by atoms with Crippen LogP contribution in [0.1, 0.15) is 21.7 Å². The third kappa shape index (κ3) is 4.73. The van der Waals surface area contributed by atoms with Crippen molar-refractivity contribution in [2.45, 2.75) is 26.2 Å². The second-order valence-electron chi connectivity index (χ2n) is 5.70. The first kappa shape index (κ1) is 16.3. The highest BCUT2D eigenvalue weighted by atomic mass is 32.1. The number of carbonyl (C=O) groups is 1. The number of nitrogens with one attached hydrogen (secondary N) is 1. The first-order valence-corrected chi connectivity index (χ1v) is 8.72. The largest absolute Gasteiger partial charge is 0.300 e. The molecule has 1 N–H and O–H groups in total. The van der Waals surface area contributed by atoms with Crippen molar-refractivity contribution in [3.05, 3.63) is 76.3 Å². The quantitative estimate of drug-likeness (QED) is 0.744. The van der Waals surface area contributed by atoms with Gasteiger partial charge in [0.2, 0.25) is 11.0 Å². The van der Waals surface area contributed by atoms with Crippen molar-refractivity contribution in [3.8, 4) is 0 Å². The fraction of sp³-hybridized carbons (Fsp3) is 0.211. The Morgan fingerprint density at radius 1 is 0.958 bits per heavy atom. The minimum Gasteiger partial charge on any atom is -0.300 e. The lowest BCUT2D eigenvalue weighted by atomic mass is 10.1. The van der Waals surface area contributed by atoms with Crippen LogP contribution in [0.5, 0.6) is 0 Å². The summed E-state index contributed by atoms with van der Waals surface area (Å²) in [4.78, 5) is 12.1. The Bertz CT molecular complexity index is 797. The number of carbonyl (C=O) groups excluding carboxylic acids is 1. The summed E-state index contributed by atoms with van der Waals surface area (Å²) in [5.74, 6) is -0.0652. The fourth-order valence-electron chi connectivity index (χ4n) is 2.36. The summed E-state index contributed by atoms with van der Waals surface area (Å²) in [5.41, 5.74) is 3.45. The minimum atomic E-state index is -0.0652. The summed E-state index contributed by atoms with van der Waals surface area (Å²) in [7, 11) is 0. The predicted octanol–water partition coefficient (Wildman–Crippen LogP) is 3.81.